The third-order valence-electron chi connectivity index (χ3n) is 3.95. The molecule has 1 atom stereocenters. The summed E-state index contributed by atoms with van der Waals surface area (Å²) in [5.41, 5.74) is 6.70. The Hall–Kier alpha value is -2.23. The molecule has 1 aromatic carbocycles. The lowest BCUT2D eigenvalue weighted by Crippen LogP contribution is -2.18. The number of amides is 1. The van der Waals surface area contributed by atoms with E-state index in [2.05, 4.69) is 25.0 Å². The first-order chi connectivity index (χ1) is 12.1. The molecule has 0 saturated carbocycles. The first kappa shape index (κ1) is 17.6. The van der Waals surface area contributed by atoms with Gasteiger partial charge in [0, 0.05) is 15.3 Å². The van der Waals surface area contributed by atoms with Crippen LogP contribution in [0.3, 0.4) is 0 Å². The molecule has 1 saturated heterocycles. The summed E-state index contributed by atoms with van der Waals surface area (Å²) < 4.78 is 23.9. The molecule has 25 heavy (non-hydrogen) atoms. The first-order valence-electron chi connectivity index (χ1n) is 8.19. The van der Waals surface area contributed by atoms with Crippen LogP contribution in [0.15, 0.2) is 24.3 Å². The fraction of sp³-hybridized carbons (Fsp3) is 0.438. The van der Waals surface area contributed by atoms with Crippen molar-refractivity contribution in [1.29, 1.82) is 0 Å². The number of anilines is 2. The van der Waals surface area contributed by atoms with Crippen LogP contribution in [0, 0.1) is 0 Å². The van der Waals surface area contributed by atoms with Crippen LogP contribution in [0.2, 0.25) is 0 Å². The lowest BCUT2D eigenvalue weighted by atomic mass is 10.2. The second-order valence-corrected chi connectivity index (χ2v) is 6.75. The number of nitrogens with zero attached hydrogens (tertiary/aromatic N) is 3. The Labute approximate surface area is 149 Å². The maximum absolute atomic E-state index is 11.9. The van der Waals surface area contributed by atoms with E-state index in [-0.39, 0.29) is 30.6 Å². The summed E-state index contributed by atoms with van der Waals surface area (Å²) in [5, 5.41) is 2.48. The van der Waals surface area contributed by atoms with Gasteiger partial charge in [-0.2, -0.15) is 0 Å². The van der Waals surface area contributed by atoms with Gasteiger partial charge in [-0.15, -0.1) is 0 Å². The lowest BCUT2D eigenvalue weighted by molar-refractivity contribution is -0.116. The zero-order valence-corrected chi connectivity index (χ0v) is 14.6. The number of nitrogens with two attached hydrogens (primary N) is 1. The van der Waals surface area contributed by atoms with Gasteiger partial charge >= 0.3 is 0 Å². The summed E-state index contributed by atoms with van der Waals surface area (Å²) in [7, 11) is 0. The summed E-state index contributed by atoms with van der Waals surface area (Å²) >= 11 is -1.74. The minimum Gasteiger partial charge on any atom is -0.546 e. The Kier molecular flexibility index (Phi) is 5.79. The Bertz CT molecular complexity index is 730. The van der Waals surface area contributed by atoms with Crippen LogP contribution in [-0.2, 0) is 11.3 Å². The normalized spacial score (nSPS) is 15.3. The van der Waals surface area contributed by atoms with Crippen molar-refractivity contribution in [2.24, 2.45) is 0 Å². The number of aromatic nitrogens is 2. The molecule has 3 N–H and O–H groups in total. The average Bonchev–Trinajstić information content (AvgIpc) is 3.18. The Morgan fingerprint density at radius 3 is 2.88 bits per heavy atom. The van der Waals surface area contributed by atoms with E-state index >= 15 is 0 Å². The molecule has 0 radical (unpaired) electrons. The highest BCUT2D eigenvalue weighted by Crippen LogP contribution is 2.20. The van der Waals surface area contributed by atoms with Crippen LogP contribution in [0.25, 0.3) is 0 Å². The summed E-state index contributed by atoms with van der Waals surface area (Å²) in [4.78, 5) is 14.3. The minimum absolute atomic E-state index is 0.0257. The number of hydrogen-bond acceptors (Lipinski definition) is 7. The average molecular weight is 363 g/mol. The molecular formula is C16H21N5O3S. The predicted molar refractivity (Wildman–Crippen MR) is 94.8 cm³/mol. The molecule has 0 aliphatic carbocycles. The van der Waals surface area contributed by atoms with E-state index in [0.717, 1.165) is 25.4 Å². The molecule has 1 aliphatic rings. The molecule has 1 unspecified atom stereocenters. The number of carbonyl (C=O) groups is 1. The molecule has 0 bridgehead atoms. The molecule has 8 nitrogen and oxygen atoms in total. The van der Waals surface area contributed by atoms with Gasteiger partial charge in [0.1, 0.15) is 5.75 Å². The number of nitrogens with one attached hydrogen (secondary N) is 1. The van der Waals surface area contributed by atoms with Gasteiger partial charge in [0.2, 0.25) is 17.5 Å². The van der Waals surface area contributed by atoms with Crippen molar-refractivity contribution < 1.29 is 14.1 Å². The number of nitrogen functional groups attached to an aromatic ring is 1. The molecule has 1 amide bonds. The van der Waals surface area contributed by atoms with Crippen LogP contribution in [-0.4, -0.2) is 43.8 Å². The Morgan fingerprint density at radius 2 is 2.16 bits per heavy atom. The first-order valence-corrected chi connectivity index (χ1v) is 9.26. The van der Waals surface area contributed by atoms with E-state index in [0.29, 0.717) is 0 Å². The fourth-order valence-corrected chi connectivity index (χ4v) is 3.34. The lowest BCUT2D eigenvalue weighted by Gasteiger charge is -2.15. The summed E-state index contributed by atoms with van der Waals surface area (Å²) in [6.45, 7) is 3.44. The van der Waals surface area contributed by atoms with Gasteiger partial charge in [-0.25, -0.2) is 0 Å². The predicted octanol–water partition coefficient (Wildman–Crippen LogP) is 1.79. The SMILES string of the molecule is Nc1n[s+]([O-])nc1NC(=O)CCOc1cccc(CN2CCCC2)c1. The molecule has 1 aliphatic heterocycles. The second-order valence-electron chi connectivity index (χ2n) is 5.92. The molecule has 2 heterocycles. The van der Waals surface area contributed by atoms with E-state index in [1.807, 2.05) is 18.2 Å². The van der Waals surface area contributed by atoms with E-state index in [4.69, 9.17) is 10.5 Å². The van der Waals surface area contributed by atoms with Crippen LogP contribution in [0.5, 0.6) is 5.75 Å². The van der Waals surface area contributed by atoms with E-state index in [9.17, 15) is 9.35 Å². The van der Waals surface area contributed by atoms with Gasteiger partial charge in [-0.1, -0.05) is 12.1 Å². The van der Waals surface area contributed by atoms with Crippen LogP contribution in [0.4, 0.5) is 11.6 Å². The van der Waals surface area contributed by atoms with Gasteiger partial charge < -0.3 is 20.3 Å². The van der Waals surface area contributed by atoms with E-state index < -0.39 is 11.1 Å². The quantitative estimate of drug-likeness (QED) is 0.720. The highest BCUT2D eigenvalue weighted by atomic mass is 32.2. The van der Waals surface area contributed by atoms with Crippen molar-refractivity contribution in [1.82, 2.24) is 13.6 Å². The van der Waals surface area contributed by atoms with Crippen molar-refractivity contribution in [3.05, 3.63) is 29.8 Å². The maximum atomic E-state index is 11.9. The Balaban J connectivity index is 1.45. The Morgan fingerprint density at radius 1 is 1.36 bits per heavy atom. The molecule has 9 heteroatoms. The van der Waals surface area contributed by atoms with Crippen molar-refractivity contribution >= 4 is 28.7 Å². The van der Waals surface area contributed by atoms with Crippen molar-refractivity contribution in [3.63, 3.8) is 0 Å². The van der Waals surface area contributed by atoms with Crippen LogP contribution < -0.4 is 15.8 Å². The van der Waals surface area contributed by atoms with Gasteiger partial charge in [0.15, 0.2) is 11.1 Å². The molecule has 134 valence electrons. The highest BCUT2D eigenvalue weighted by Gasteiger charge is 2.15. The zero-order valence-electron chi connectivity index (χ0n) is 13.8. The number of hydrogen-bond donors (Lipinski definition) is 2. The summed E-state index contributed by atoms with van der Waals surface area (Å²) in [5.74, 6) is 0.451. The van der Waals surface area contributed by atoms with E-state index in [1.165, 1.54) is 18.4 Å². The number of benzene rings is 1. The van der Waals surface area contributed by atoms with Gasteiger partial charge in [-0.3, -0.25) is 9.69 Å². The summed E-state index contributed by atoms with van der Waals surface area (Å²) in [6, 6.07) is 7.92. The van der Waals surface area contributed by atoms with Crippen LogP contribution >= 0.6 is 11.1 Å². The van der Waals surface area contributed by atoms with E-state index in [1.54, 1.807) is 0 Å². The molecule has 0 spiro atoms. The van der Waals surface area contributed by atoms with Gasteiger partial charge in [-0.05, 0) is 43.6 Å². The van der Waals surface area contributed by atoms with Crippen molar-refractivity contribution in [2.45, 2.75) is 25.8 Å². The molecule has 2 aromatic rings. The molecule has 1 aromatic heterocycles. The molecule has 3 rings (SSSR count). The smallest absolute Gasteiger partial charge is 0.239 e. The standard InChI is InChI=1S/C16H21N5O3S/c17-15-16(20-25(23)19-15)18-14(22)6-9-24-13-5-3-4-12(10-13)11-21-7-1-2-8-21/h3-5,10H,1-2,6-9,11H2,(H2,17,19)(H,18,20,22). The van der Waals surface area contributed by atoms with Crippen LogP contribution in [0.1, 0.15) is 24.8 Å². The topological polar surface area (TPSA) is 116 Å². The fourth-order valence-electron chi connectivity index (χ4n) is 2.75. The van der Waals surface area contributed by atoms with Crippen molar-refractivity contribution in [3.8, 4) is 5.75 Å². The largest absolute Gasteiger partial charge is 0.546 e. The summed E-state index contributed by atoms with van der Waals surface area (Å²) in [6.07, 6.45) is 2.66. The monoisotopic (exact) mass is 363 g/mol. The minimum atomic E-state index is -1.74. The highest BCUT2D eigenvalue weighted by molar-refractivity contribution is 7.14. The third-order valence-corrected chi connectivity index (χ3v) is 4.64. The third kappa shape index (κ3) is 5.12. The second kappa shape index (κ2) is 8.24. The number of ether oxygens (including phenoxy) is 1. The molecule has 1 fully saturated rings. The maximum Gasteiger partial charge on any atom is 0.239 e. The molecular weight excluding hydrogens is 342 g/mol. The number of rotatable bonds is 7. The zero-order chi connectivity index (χ0) is 17.6. The van der Waals surface area contributed by atoms with Gasteiger partial charge in [0.05, 0.1) is 13.0 Å². The number of likely N-dealkylation sites (tertiary alicyclic amines) is 1. The number of carbonyl (C=O) groups excluding carboxylic acids is 1. The van der Waals surface area contributed by atoms with Crippen molar-refractivity contribution in [2.75, 3.05) is 30.7 Å². The van der Waals surface area contributed by atoms with Gasteiger partial charge in [0.25, 0.3) is 0 Å².